The van der Waals surface area contributed by atoms with E-state index in [1.165, 1.54) is 28.8 Å². The maximum atomic E-state index is 13.3. The van der Waals surface area contributed by atoms with Gasteiger partial charge < -0.3 is 9.15 Å². The van der Waals surface area contributed by atoms with Crippen LogP contribution in [0.3, 0.4) is 0 Å². The molecule has 0 unspecified atom stereocenters. The SMILES string of the molecule is O=C1C(=Cc2cc(Cl)c(OCc3cccc(F)c3)c(Cl)c2)SC(=S)N1Cc1ccco1. The minimum atomic E-state index is -0.349. The van der Waals surface area contributed by atoms with Crippen LogP contribution in [0.5, 0.6) is 5.75 Å². The quantitative estimate of drug-likeness (QED) is 0.282. The fourth-order valence-electron chi connectivity index (χ4n) is 2.93. The van der Waals surface area contributed by atoms with Crippen molar-refractivity contribution < 1.29 is 18.3 Å². The number of ether oxygens (including phenoxy) is 1. The van der Waals surface area contributed by atoms with Gasteiger partial charge in [0, 0.05) is 0 Å². The third-order valence-electron chi connectivity index (χ3n) is 4.36. The van der Waals surface area contributed by atoms with Crippen molar-refractivity contribution in [1.29, 1.82) is 0 Å². The monoisotopic (exact) mass is 493 g/mol. The van der Waals surface area contributed by atoms with Gasteiger partial charge >= 0.3 is 0 Å². The van der Waals surface area contributed by atoms with E-state index < -0.39 is 0 Å². The Bertz CT molecular complexity index is 1160. The molecule has 1 amide bonds. The molecule has 0 saturated carbocycles. The average Bonchev–Trinajstić information content (AvgIpc) is 3.32. The molecule has 0 spiro atoms. The van der Waals surface area contributed by atoms with Crippen LogP contribution in [0, 0.1) is 5.82 Å². The summed E-state index contributed by atoms with van der Waals surface area (Å²) in [5.74, 6) is 0.363. The molecule has 0 radical (unpaired) electrons. The Kier molecular flexibility index (Phi) is 6.67. The summed E-state index contributed by atoms with van der Waals surface area (Å²) < 4.78 is 24.8. The summed E-state index contributed by atoms with van der Waals surface area (Å²) >= 11 is 19.2. The van der Waals surface area contributed by atoms with Gasteiger partial charge in [-0.05, 0) is 53.6 Å². The molecule has 1 saturated heterocycles. The molecular formula is C22H14Cl2FNO3S2. The Morgan fingerprint density at radius 1 is 1.16 bits per heavy atom. The highest BCUT2D eigenvalue weighted by Gasteiger charge is 2.32. The number of hydrogen-bond acceptors (Lipinski definition) is 5. The molecule has 2 heterocycles. The Morgan fingerprint density at radius 2 is 1.94 bits per heavy atom. The van der Waals surface area contributed by atoms with Crippen LogP contribution in [-0.4, -0.2) is 15.1 Å². The van der Waals surface area contributed by atoms with E-state index >= 15 is 0 Å². The standard InChI is InChI=1S/C22H14Cl2FNO3S2/c23-17-8-14(9-18(24)20(17)29-12-13-3-1-4-15(25)7-13)10-19-21(27)26(22(30)31-19)11-16-5-2-6-28-16/h1-10H,11-12H2. The van der Waals surface area contributed by atoms with Gasteiger partial charge in [-0.25, -0.2) is 4.39 Å². The molecular weight excluding hydrogens is 480 g/mol. The van der Waals surface area contributed by atoms with E-state index in [2.05, 4.69) is 0 Å². The fourth-order valence-corrected chi connectivity index (χ4v) is 4.80. The minimum absolute atomic E-state index is 0.113. The summed E-state index contributed by atoms with van der Waals surface area (Å²) in [4.78, 5) is 14.7. The lowest BCUT2D eigenvalue weighted by Crippen LogP contribution is -2.27. The molecule has 0 N–H and O–H groups in total. The van der Waals surface area contributed by atoms with E-state index in [9.17, 15) is 9.18 Å². The number of hydrogen-bond donors (Lipinski definition) is 0. The summed E-state index contributed by atoms with van der Waals surface area (Å²) in [5.41, 5.74) is 1.28. The van der Waals surface area contributed by atoms with Crippen molar-refractivity contribution in [3.05, 3.63) is 92.4 Å². The second-order valence-corrected chi connectivity index (χ2v) is 9.07. The second kappa shape index (κ2) is 9.44. The summed E-state index contributed by atoms with van der Waals surface area (Å²) in [6.07, 6.45) is 3.22. The Hall–Kier alpha value is -2.32. The summed E-state index contributed by atoms with van der Waals surface area (Å²) in [5, 5.41) is 0.558. The van der Waals surface area contributed by atoms with Crippen LogP contribution in [0.2, 0.25) is 10.0 Å². The summed E-state index contributed by atoms with van der Waals surface area (Å²) in [6.45, 7) is 0.380. The van der Waals surface area contributed by atoms with Gasteiger partial charge in [0.15, 0.2) is 5.75 Å². The normalized spacial score (nSPS) is 15.2. The van der Waals surface area contributed by atoms with Gasteiger partial charge in [-0.1, -0.05) is 59.3 Å². The van der Waals surface area contributed by atoms with E-state index in [0.717, 1.165) is 0 Å². The van der Waals surface area contributed by atoms with Gasteiger partial charge in [-0.15, -0.1) is 0 Å². The Labute approximate surface area is 197 Å². The molecule has 4 rings (SSSR count). The van der Waals surface area contributed by atoms with Crippen LogP contribution in [0.15, 0.2) is 64.1 Å². The van der Waals surface area contributed by atoms with E-state index in [0.29, 0.717) is 26.1 Å². The highest BCUT2D eigenvalue weighted by molar-refractivity contribution is 8.26. The molecule has 0 bridgehead atoms. The van der Waals surface area contributed by atoms with E-state index in [4.69, 9.17) is 44.6 Å². The molecule has 0 aliphatic carbocycles. The maximum absolute atomic E-state index is 13.3. The number of carbonyl (C=O) groups excluding carboxylic acids is 1. The zero-order valence-corrected chi connectivity index (χ0v) is 19.0. The Morgan fingerprint density at radius 3 is 2.61 bits per heavy atom. The summed E-state index contributed by atoms with van der Waals surface area (Å²) in [7, 11) is 0. The molecule has 1 aromatic heterocycles. The van der Waals surface area contributed by atoms with Crippen molar-refractivity contribution >= 4 is 63.5 Å². The van der Waals surface area contributed by atoms with Crippen molar-refractivity contribution in [3.63, 3.8) is 0 Å². The van der Waals surface area contributed by atoms with Gasteiger partial charge in [0.1, 0.15) is 22.5 Å². The first-order valence-corrected chi connectivity index (χ1v) is 11.0. The van der Waals surface area contributed by atoms with E-state index in [1.807, 2.05) is 0 Å². The topological polar surface area (TPSA) is 42.7 Å². The fraction of sp³-hybridized carbons (Fsp3) is 0.0909. The molecule has 1 fully saturated rings. The number of amides is 1. The number of thiocarbonyl (C=S) groups is 1. The van der Waals surface area contributed by atoms with Crippen molar-refractivity contribution in [3.8, 4) is 5.75 Å². The van der Waals surface area contributed by atoms with Crippen LogP contribution >= 0.6 is 47.2 Å². The molecule has 158 valence electrons. The molecule has 4 nitrogen and oxygen atoms in total. The molecule has 3 aromatic rings. The highest BCUT2D eigenvalue weighted by atomic mass is 35.5. The first-order chi connectivity index (χ1) is 14.9. The number of furan rings is 1. The average molecular weight is 494 g/mol. The zero-order chi connectivity index (χ0) is 22.0. The van der Waals surface area contributed by atoms with Crippen LogP contribution in [0.25, 0.3) is 6.08 Å². The number of carbonyl (C=O) groups is 1. The number of benzene rings is 2. The van der Waals surface area contributed by atoms with Crippen molar-refractivity contribution in [1.82, 2.24) is 4.90 Å². The van der Waals surface area contributed by atoms with Crippen molar-refractivity contribution in [2.45, 2.75) is 13.2 Å². The van der Waals surface area contributed by atoms with E-state index in [1.54, 1.807) is 48.7 Å². The smallest absolute Gasteiger partial charge is 0.266 e. The third-order valence-corrected chi connectivity index (χ3v) is 6.30. The first kappa shape index (κ1) is 21.9. The number of nitrogens with zero attached hydrogens (tertiary/aromatic N) is 1. The second-order valence-electron chi connectivity index (χ2n) is 6.58. The lowest BCUT2D eigenvalue weighted by atomic mass is 10.2. The van der Waals surface area contributed by atoms with Crippen molar-refractivity contribution in [2.75, 3.05) is 0 Å². The molecule has 31 heavy (non-hydrogen) atoms. The van der Waals surface area contributed by atoms with Gasteiger partial charge in [0.2, 0.25) is 0 Å². The predicted octanol–water partition coefficient (Wildman–Crippen LogP) is 6.71. The summed E-state index contributed by atoms with van der Waals surface area (Å²) in [6, 6.07) is 12.9. The van der Waals surface area contributed by atoms with Crippen LogP contribution in [0.1, 0.15) is 16.9 Å². The molecule has 2 aromatic carbocycles. The lowest BCUT2D eigenvalue weighted by molar-refractivity contribution is -0.122. The van der Waals surface area contributed by atoms with Crippen LogP contribution < -0.4 is 4.74 Å². The molecule has 1 aliphatic rings. The predicted molar refractivity (Wildman–Crippen MR) is 125 cm³/mol. The van der Waals surface area contributed by atoms with Gasteiger partial charge in [-0.2, -0.15) is 0 Å². The molecule has 9 heteroatoms. The third kappa shape index (κ3) is 5.13. The van der Waals surface area contributed by atoms with Gasteiger partial charge in [0.05, 0.1) is 27.8 Å². The number of rotatable bonds is 6. The van der Waals surface area contributed by atoms with Crippen LogP contribution in [0.4, 0.5) is 4.39 Å². The molecule has 1 aliphatic heterocycles. The number of halogens is 3. The van der Waals surface area contributed by atoms with Crippen molar-refractivity contribution in [2.24, 2.45) is 0 Å². The van der Waals surface area contributed by atoms with Crippen LogP contribution in [-0.2, 0) is 17.9 Å². The van der Waals surface area contributed by atoms with Gasteiger partial charge in [-0.3, -0.25) is 9.69 Å². The number of thioether (sulfide) groups is 1. The lowest BCUT2D eigenvalue weighted by Gasteiger charge is -2.12. The Balaban J connectivity index is 1.50. The zero-order valence-electron chi connectivity index (χ0n) is 15.8. The molecule has 0 atom stereocenters. The van der Waals surface area contributed by atoms with E-state index in [-0.39, 0.29) is 40.7 Å². The minimum Gasteiger partial charge on any atom is -0.486 e. The highest BCUT2D eigenvalue weighted by Crippen LogP contribution is 2.38. The largest absolute Gasteiger partial charge is 0.486 e. The first-order valence-electron chi connectivity index (χ1n) is 9.05. The van der Waals surface area contributed by atoms with Gasteiger partial charge in [0.25, 0.3) is 5.91 Å². The maximum Gasteiger partial charge on any atom is 0.266 e.